The molecule has 1 aromatic carbocycles. The highest BCUT2D eigenvalue weighted by molar-refractivity contribution is 7.18. The normalized spacial score (nSPS) is 11.6. The zero-order valence-electron chi connectivity index (χ0n) is 10.0. The first-order chi connectivity index (χ1) is 8.41. The summed E-state index contributed by atoms with van der Waals surface area (Å²) in [5.74, 6) is -0.313. The van der Waals surface area contributed by atoms with E-state index in [9.17, 15) is 9.18 Å². The first-order valence-electron chi connectivity index (χ1n) is 5.47. The number of hydrogen-bond acceptors (Lipinski definition) is 2. The topological polar surface area (TPSA) is 17.1 Å². The Labute approximate surface area is 114 Å². The molecule has 1 heterocycles. The van der Waals surface area contributed by atoms with E-state index in [0.29, 0.717) is 9.21 Å². The van der Waals surface area contributed by atoms with Gasteiger partial charge in [-0.15, -0.1) is 11.3 Å². The standard InChI is InChI=1S/C14H12ClFOS/c1-14(2,9-3-5-10(16)6-4-9)13(17)11-7-8-12(15)18-11/h3-8H,1-2H3. The molecule has 2 rings (SSSR count). The van der Waals surface area contributed by atoms with Gasteiger partial charge >= 0.3 is 0 Å². The molecule has 2 aromatic rings. The Morgan fingerprint density at radius 1 is 1.17 bits per heavy atom. The maximum absolute atomic E-state index is 12.9. The minimum atomic E-state index is -0.693. The molecule has 0 N–H and O–H groups in total. The van der Waals surface area contributed by atoms with Gasteiger partial charge in [0.05, 0.1) is 14.6 Å². The lowest BCUT2D eigenvalue weighted by Gasteiger charge is -2.22. The average molecular weight is 283 g/mol. The molecule has 0 saturated heterocycles. The van der Waals surface area contributed by atoms with Gasteiger partial charge < -0.3 is 0 Å². The van der Waals surface area contributed by atoms with E-state index in [4.69, 9.17) is 11.6 Å². The van der Waals surface area contributed by atoms with Crippen LogP contribution in [0.4, 0.5) is 4.39 Å². The van der Waals surface area contributed by atoms with E-state index in [1.165, 1.54) is 23.5 Å². The van der Waals surface area contributed by atoms with Crippen molar-refractivity contribution in [1.29, 1.82) is 0 Å². The molecule has 0 unspecified atom stereocenters. The third-order valence-electron chi connectivity index (χ3n) is 2.93. The largest absolute Gasteiger partial charge is 0.292 e. The number of halogens is 2. The molecule has 0 atom stereocenters. The highest BCUT2D eigenvalue weighted by Crippen LogP contribution is 2.32. The quantitative estimate of drug-likeness (QED) is 0.746. The van der Waals surface area contributed by atoms with Crippen LogP contribution in [0.2, 0.25) is 4.34 Å². The number of carbonyl (C=O) groups excluding carboxylic acids is 1. The molecular formula is C14H12ClFOS. The average Bonchev–Trinajstić information content (AvgIpc) is 2.75. The second-order valence-corrected chi connectivity index (χ2v) is 6.28. The third kappa shape index (κ3) is 2.47. The van der Waals surface area contributed by atoms with Crippen molar-refractivity contribution in [3.05, 3.63) is 57.0 Å². The molecule has 94 valence electrons. The molecular weight excluding hydrogens is 271 g/mol. The van der Waals surface area contributed by atoms with Crippen molar-refractivity contribution >= 4 is 28.7 Å². The van der Waals surface area contributed by atoms with Crippen LogP contribution >= 0.6 is 22.9 Å². The molecule has 0 saturated carbocycles. The lowest BCUT2D eigenvalue weighted by molar-refractivity contribution is 0.0913. The number of carbonyl (C=O) groups is 1. The lowest BCUT2D eigenvalue weighted by Crippen LogP contribution is -2.28. The fourth-order valence-electron chi connectivity index (χ4n) is 1.74. The summed E-state index contributed by atoms with van der Waals surface area (Å²) in [5, 5.41) is 0. The lowest BCUT2D eigenvalue weighted by atomic mass is 9.80. The Kier molecular flexibility index (Phi) is 3.55. The molecule has 1 nitrogen and oxygen atoms in total. The second-order valence-electron chi connectivity index (χ2n) is 4.56. The van der Waals surface area contributed by atoms with Gasteiger partial charge in [-0.05, 0) is 43.7 Å². The molecule has 18 heavy (non-hydrogen) atoms. The van der Waals surface area contributed by atoms with Crippen molar-refractivity contribution in [3.63, 3.8) is 0 Å². The highest BCUT2D eigenvalue weighted by atomic mass is 35.5. The highest BCUT2D eigenvalue weighted by Gasteiger charge is 2.31. The summed E-state index contributed by atoms with van der Waals surface area (Å²) >= 11 is 7.10. The van der Waals surface area contributed by atoms with Crippen molar-refractivity contribution in [3.8, 4) is 0 Å². The molecule has 0 radical (unpaired) electrons. The fraction of sp³-hybridized carbons (Fsp3) is 0.214. The molecule has 0 spiro atoms. The van der Waals surface area contributed by atoms with Gasteiger partial charge in [-0.3, -0.25) is 4.79 Å². The minimum Gasteiger partial charge on any atom is -0.292 e. The van der Waals surface area contributed by atoms with E-state index in [1.54, 1.807) is 24.3 Å². The number of hydrogen-bond donors (Lipinski definition) is 0. The van der Waals surface area contributed by atoms with Gasteiger partial charge in [0.1, 0.15) is 5.82 Å². The molecule has 1 aromatic heterocycles. The van der Waals surface area contributed by atoms with Gasteiger partial charge in [0.25, 0.3) is 0 Å². The second kappa shape index (κ2) is 4.82. The van der Waals surface area contributed by atoms with Crippen molar-refractivity contribution in [2.75, 3.05) is 0 Å². The van der Waals surface area contributed by atoms with Crippen molar-refractivity contribution < 1.29 is 9.18 Å². The Morgan fingerprint density at radius 2 is 1.78 bits per heavy atom. The number of Topliss-reactive ketones (excluding diaryl/α,β-unsaturated/α-hetero) is 1. The number of ketones is 1. The van der Waals surface area contributed by atoms with Gasteiger partial charge in [0, 0.05) is 0 Å². The molecule has 0 aliphatic rings. The van der Waals surface area contributed by atoms with Crippen LogP contribution in [-0.2, 0) is 5.41 Å². The summed E-state index contributed by atoms with van der Waals surface area (Å²) in [5.41, 5.74) is 0.0976. The van der Waals surface area contributed by atoms with Gasteiger partial charge in [0.2, 0.25) is 0 Å². The molecule has 0 bridgehead atoms. The van der Waals surface area contributed by atoms with E-state index >= 15 is 0 Å². The van der Waals surface area contributed by atoms with Crippen LogP contribution in [-0.4, -0.2) is 5.78 Å². The first-order valence-corrected chi connectivity index (χ1v) is 6.67. The maximum Gasteiger partial charge on any atom is 0.182 e. The van der Waals surface area contributed by atoms with E-state index < -0.39 is 5.41 Å². The monoisotopic (exact) mass is 282 g/mol. The number of benzene rings is 1. The van der Waals surface area contributed by atoms with Crippen molar-refractivity contribution in [2.24, 2.45) is 0 Å². The smallest absolute Gasteiger partial charge is 0.182 e. The van der Waals surface area contributed by atoms with Gasteiger partial charge in [-0.25, -0.2) is 4.39 Å². The number of rotatable bonds is 3. The van der Waals surface area contributed by atoms with E-state index in [-0.39, 0.29) is 11.6 Å². The van der Waals surface area contributed by atoms with Crippen LogP contribution in [0.15, 0.2) is 36.4 Å². The Bertz CT molecular complexity index is 572. The zero-order valence-corrected chi connectivity index (χ0v) is 11.6. The first kappa shape index (κ1) is 13.2. The van der Waals surface area contributed by atoms with E-state index in [0.717, 1.165) is 5.56 Å². The summed E-state index contributed by atoms with van der Waals surface area (Å²) in [6.07, 6.45) is 0. The van der Waals surface area contributed by atoms with Crippen molar-refractivity contribution in [1.82, 2.24) is 0 Å². The van der Waals surface area contributed by atoms with Crippen LogP contribution in [0.25, 0.3) is 0 Å². The summed E-state index contributed by atoms with van der Waals surface area (Å²) in [6.45, 7) is 3.66. The zero-order chi connectivity index (χ0) is 13.3. The summed E-state index contributed by atoms with van der Waals surface area (Å²) in [6, 6.07) is 9.45. The predicted molar refractivity (Wildman–Crippen MR) is 73.1 cm³/mol. The minimum absolute atomic E-state index is 0.00833. The van der Waals surface area contributed by atoms with Crippen LogP contribution in [0.5, 0.6) is 0 Å². The van der Waals surface area contributed by atoms with Crippen molar-refractivity contribution in [2.45, 2.75) is 19.3 Å². The van der Waals surface area contributed by atoms with Crippen LogP contribution < -0.4 is 0 Å². The number of thiophene rings is 1. The van der Waals surface area contributed by atoms with Crippen LogP contribution in [0, 0.1) is 5.82 Å². The molecule has 0 amide bonds. The Balaban J connectivity index is 2.36. The summed E-state index contributed by atoms with van der Waals surface area (Å²) < 4.78 is 13.5. The Morgan fingerprint density at radius 3 is 2.28 bits per heavy atom. The predicted octanol–water partition coefficient (Wildman–Crippen LogP) is 4.70. The van der Waals surface area contributed by atoms with Gasteiger partial charge in [-0.2, -0.15) is 0 Å². The van der Waals surface area contributed by atoms with E-state index in [2.05, 4.69) is 0 Å². The summed E-state index contributed by atoms with van der Waals surface area (Å²) in [7, 11) is 0. The third-order valence-corrected chi connectivity index (χ3v) is 4.16. The fourth-order valence-corrected chi connectivity index (χ4v) is 2.88. The summed E-state index contributed by atoms with van der Waals surface area (Å²) in [4.78, 5) is 13.0. The molecule has 0 aliphatic heterocycles. The Hall–Kier alpha value is -1.19. The maximum atomic E-state index is 12.9. The van der Waals surface area contributed by atoms with Gasteiger partial charge in [0.15, 0.2) is 5.78 Å². The van der Waals surface area contributed by atoms with Gasteiger partial charge in [-0.1, -0.05) is 23.7 Å². The van der Waals surface area contributed by atoms with Crippen LogP contribution in [0.1, 0.15) is 29.1 Å². The molecule has 0 aliphatic carbocycles. The molecule has 0 fully saturated rings. The SMILES string of the molecule is CC(C)(C(=O)c1ccc(Cl)s1)c1ccc(F)cc1. The molecule has 4 heteroatoms. The van der Waals surface area contributed by atoms with Crippen LogP contribution in [0.3, 0.4) is 0 Å². The van der Waals surface area contributed by atoms with E-state index in [1.807, 2.05) is 13.8 Å².